The molecule has 0 aliphatic heterocycles. The molecule has 3 aromatic carbocycles. The van der Waals surface area contributed by atoms with Crippen molar-refractivity contribution in [2.24, 2.45) is 0 Å². The van der Waals surface area contributed by atoms with E-state index in [1.165, 1.54) is 0 Å². The molecule has 0 heterocycles. The number of aryl methyl sites for hydroxylation is 1. The Balaban J connectivity index is 2.01. The lowest BCUT2D eigenvalue weighted by Crippen LogP contribution is -1.91. The maximum atomic E-state index is 9.27. The van der Waals surface area contributed by atoms with Crippen LogP contribution < -0.4 is 9.47 Å². The Morgan fingerprint density at radius 1 is 0.909 bits per heavy atom. The standard InChI is InChI=1S/C19H15NO2/c1-13-4-3-5-19(18(13)12-20)22-17-9-7-14-6-8-16(21-2)10-15(14)11-17/h3-11H,1-2H3. The zero-order valence-electron chi connectivity index (χ0n) is 12.5. The third-order valence-electron chi connectivity index (χ3n) is 3.59. The van der Waals surface area contributed by atoms with E-state index in [1.54, 1.807) is 13.2 Å². The van der Waals surface area contributed by atoms with Gasteiger partial charge in [-0.1, -0.05) is 24.3 Å². The molecule has 3 rings (SSSR count). The van der Waals surface area contributed by atoms with Crippen LogP contribution in [0.1, 0.15) is 11.1 Å². The van der Waals surface area contributed by atoms with Gasteiger partial charge in [0.25, 0.3) is 0 Å². The van der Waals surface area contributed by atoms with Crippen molar-refractivity contribution >= 4 is 10.8 Å². The molecule has 0 saturated carbocycles. The van der Waals surface area contributed by atoms with E-state index in [0.717, 1.165) is 22.1 Å². The van der Waals surface area contributed by atoms with Crippen LogP contribution in [0.2, 0.25) is 0 Å². The number of nitrogens with zero attached hydrogens (tertiary/aromatic N) is 1. The molecule has 0 aromatic heterocycles. The molecular weight excluding hydrogens is 274 g/mol. The minimum atomic E-state index is 0.563. The predicted octanol–water partition coefficient (Wildman–Crippen LogP) is 4.82. The van der Waals surface area contributed by atoms with Crippen molar-refractivity contribution in [3.05, 3.63) is 65.7 Å². The number of ether oxygens (including phenoxy) is 2. The molecule has 0 aliphatic rings. The molecule has 0 spiro atoms. The van der Waals surface area contributed by atoms with E-state index in [-0.39, 0.29) is 0 Å². The minimum absolute atomic E-state index is 0.563. The Morgan fingerprint density at radius 2 is 1.64 bits per heavy atom. The van der Waals surface area contributed by atoms with Crippen molar-refractivity contribution in [1.82, 2.24) is 0 Å². The van der Waals surface area contributed by atoms with Gasteiger partial charge in [-0.25, -0.2) is 0 Å². The summed E-state index contributed by atoms with van der Waals surface area (Å²) in [5.41, 5.74) is 1.47. The second-order valence-electron chi connectivity index (χ2n) is 5.04. The van der Waals surface area contributed by atoms with E-state index < -0.39 is 0 Å². The third kappa shape index (κ3) is 2.59. The molecule has 0 amide bonds. The van der Waals surface area contributed by atoms with Crippen LogP contribution in [-0.2, 0) is 0 Å². The van der Waals surface area contributed by atoms with Gasteiger partial charge in [-0.3, -0.25) is 0 Å². The van der Waals surface area contributed by atoms with Gasteiger partial charge in [0, 0.05) is 0 Å². The second kappa shape index (κ2) is 5.79. The fraction of sp³-hybridized carbons (Fsp3) is 0.105. The first-order valence-electron chi connectivity index (χ1n) is 6.96. The maximum Gasteiger partial charge on any atom is 0.145 e. The number of hydrogen-bond donors (Lipinski definition) is 0. The molecule has 3 nitrogen and oxygen atoms in total. The quantitative estimate of drug-likeness (QED) is 0.694. The van der Waals surface area contributed by atoms with Crippen LogP contribution >= 0.6 is 0 Å². The smallest absolute Gasteiger partial charge is 0.145 e. The first kappa shape index (κ1) is 14.0. The Bertz CT molecular complexity index is 878. The molecule has 0 unspecified atom stereocenters. The summed E-state index contributed by atoms with van der Waals surface area (Å²) in [6, 6.07) is 19.5. The first-order valence-corrected chi connectivity index (χ1v) is 6.96. The van der Waals surface area contributed by atoms with E-state index in [0.29, 0.717) is 17.1 Å². The summed E-state index contributed by atoms with van der Waals surface area (Å²) in [5.74, 6) is 2.07. The lowest BCUT2D eigenvalue weighted by molar-refractivity contribution is 0.415. The molecule has 108 valence electrons. The summed E-state index contributed by atoms with van der Waals surface area (Å²) >= 11 is 0. The largest absolute Gasteiger partial charge is 0.497 e. The molecule has 22 heavy (non-hydrogen) atoms. The van der Waals surface area contributed by atoms with Crippen LogP contribution in [0.3, 0.4) is 0 Å². The van der Waals surface area contributed by atoms with Crippen LogP contribution in [0.15, 0.2) is 54.6 Å². The second-order valence-corrected chi connectivity index (χ2v) is 5.04. The zero-order valence-corrected chi connectivity index (χ0v) is 12.5. The van der Waals surface area contributed by atoms with Crippen LogP contribution in [-0.4, -0.2) is 7.11 Å². The topological polar surface area (TPSA) is 42.2 Å². The van der Waals surface area contributed by atoms with Crippen molar-refractivity contribution in [3.8, 4) is 23.3 Å². The Hall–Kier alpha value is -2.99. The van der Waals surface area contributed by atoms with Gasteiger partial charge < -0.3 is 9.47 Å². The fourth-order valence-corrected chi connectivity index (χ4v) is 2.39. The average Bonchev–Trinajstić information content (AvgIpc) is 2.54. The molecule has 0 fully saturated rings. The number of hydrogen-bond acceptors (Lipinski definition) is 3. The summed E-state index contributed by atoms with van der Waals surface area (Å²) in [4.78, 5) is 0. The van der Waals surface area contributed by atoms with E-state index in [9.17, 15) is 5.26 Å². The lowest BCUT2D eigenvalue weighted by Gasteiger charge is -2.10. The van der Waals surface area contributed by atoms with Gasteiger partial charge in [0.15, 0.2) is 0 Å². The van der Waals surface area contributed by atoms with Crippen molar-refractivity contribution in [3.63, 3.8) is 0 Å². The summed E-state index contributed by atoms with van der Waals surface area (Å²) in [7, 11) is 1.65. The van der Waals surface area contributed by atoms with E-state index in [1.807, 2.05) is 55.5 Å². The van der Waals surface area contributed by atoms with Gasteiger partial charge in [0.2, 0.25) is 0 Å². The predicted molar refractivity (Wildman–Crippen MR) is 86.5 cm³/mol. The monoisotopic (exact) mass is 289 g/mol. The number of methoxy groups -OCH3 is 1. The Morgan fingerprint density at radius 3 is 2.36 bits per heavy atom. The SMILES string of the molecule is COc1ccc2ccc(Oc3cccc(C)c3C#N)cc2c1. The zero-order chi connectivity index (χ0) is 15.5. The van der Waals surface area contributed by atoms with Crippen molar-refractivity contribution in [2.75, 3.05) is 7.11 Å². The van der Waals surface area contributed by atoms with Crippen LogP contribution in [0, 0.1) is 18.3 Å². The van der Waals surface area contributed by atoms with Gasteiger partial charge in [0.1, 0.15) is 23.3 Å². The van der Waals surface area contributed by atoms with Crippen molar-refractivity contribution in [1.29, 1.82) is 5.26 Å². The summed E-state index contributed by atoms with van der Waals surface area (Å²) in [6.07, 6.45) is 0. The van der Waals surface area contributed by atoms with E-state index in [4.69, 9.17) is 9.47 Å². The number of benzene rings is 3. The molecule has 0 bridgehead atoms. The highest BCUT2D eigenvalue weighted by Crippen LogP contribution is 2.30. The normalized spacial score (nSPS) is 10.2. The third-order valence-corrected chi connectivity index (χ3v) is 3.59. The molecule has 0 saturated heterocycles. The first-order chi connectivity index (χ1) is 10.7. The van der Waals surface area contributed by atoms with Crippen molar-refractivity contribution in [2.45, 2.75) is 6.92 Å². The Labute approximate surface area is 129 Å². The van der Waals surface area contributed by atoms with Gasteiger partial charge in [-0.2, -0.15) is 5.26 Å². The van der Waals surface area contributed by atoms with Crippen LogP contribution in [0.4, 0.5) is 0 Å². The minimum Gasteiger partial charge on any atom is -0.497 e. The summed E-state index contributed by atoms with van der Waals surface area (Å²) in [6.45, 7) is 1.90. The Kier molecular flexibility index (Phi) is 3.67. The lowest BCUT2D eigenvalue weighted by atomic mass is 10.1. The molecular formula is C19H15NO2. The number of nitriles is 1. The van der Waals surface area contributed by atoms with Gasteiger partial charge in [-0.05, 0) is 53.6 Å². The number of rotatable bonds is 3. The van der Waals surface area contributed by atoms with Gasteiger partial charge >= 0.3 is 0 Å². The highest BCUT2D eigenvalue weighted by atomic mass is 16.5. The van der Waals surface area contributed by atoms with Crippen molar-refractivity contribution < 1.29 is 9.47 Å². The van der Waals surface area contributed by atoms with E-state index >= 15 is 0 Å². The highest BCUT2D eigenvalue weighted by molar-refractivity contribution is 5.85. The van der Waals surface area contributed by atoms with Gasteiger partial charge in [-0.15, -0.1) is 0 Å². The summed E-state index contributed by atoms with van der Waals surface area (Å²) in [5, 5.41) is 11.4. The summed E-state index contributed by atoms with van der Waals surface area (Å²) < 4.78 is 11.1. The molecule has 0 radical (unpaired) electrons. The molecule has 3 aromatic rings. The van der Waals surface area contributed by atoms with Crippen LogP contribution in [0.25, 0.3) is 10.8 Å². The average molecular weight is 289 g/mol. The molecule has 0 aliphatic carbocycles. The molecule has 3 heteroatoms. The fourth-order valence-electron chi connectivity index (χ4n) is 2.39. The van der Waals surface area contributed by atoms with Crippen LogP contribution in [0.5, 0.6) is 17.2 Å². The molecule has 0 N–H and O–H groups in total. The van der Waals surface area contributed by atoms with E-state index in [2.05, 4.69) is 6.07 Å². The maximum absolute atomic E-state index is 9.27. The van der Waals surface area contributed by atoms with Gasteiger partial charge in [0.05, 0.1) is 12.7 Å². The number of fused-ring (bicyclic) bond motifs is 1. The highest BCUT2D eigenvalue weighted by Gasteiger charge is 2.08. The molecule has 0 atom stereocenters.